The molecule has 110 valence electrons. The van der Waals surface area contributed by atoms with Crippen molar-refractivity contribution in [1.82, 2.24) is 0 Å². The largest absolute Gasteiger partial charge is 0.0622 e. The van der Waals surface area contributed by atoms with Crippen molar-refractivity contribution in [1.29, 1.82) is 0 Å². The lowest BCUT2D eigenvalue weighted by molar-refractivity contribution is 1.60. The Morgan fingerprint density at radius 1 is 0.522 bits per heavy atom. The normalized spacial score (nSPS) is 10.8. The highest BCUT2D eigenvalue weighted by atomic mass is 79.9. The van der Waals surface area contributed by atoms with Crippen molar-refractivity contribution >= 4 is 26.7 Å². The van der Waals surface area contributed by atoms with Crippen molar-refractivity contribution in [2.45, 2.75) is 0 Å². The van der Waals surface area contributed by atoms with Gasteiger partial charge in [-0.05, 0) is 33.5 Å². The molecule has 4 aromatic carbocycles. The van der Waals surface area contributed by atoms with Gasteiger partial charge in [-0.15, -0.1) is 0 Å². The van der Waals surface area contributed by atoms with E-state index in [0.29, 0.717) is 0 Å². The van der Waals surface area contributed by atoms with Crippen LogP contribution in [0.1, 0.15) is 0 Å². The van der Waals surface area contributed by atoms with Crippen LogP contribution in [-0.2, 0) is 0 Å². The Labute approximate surface area is 144 Å². The molecule has 0 bridgehead atoms. The molecule has 0 saturated heterocycles. The van der Waals surface area contributed by atoms with E-state index in [2.05, 4.69) is 107 Å². The number of rotatable bonds is 2. The highest BCUT2D eigenvalue weighted by Crippen LogP contribution is 2.40. The van der Waals surface area contributed by atoms with Crippen LogP contribution in [0.25, 0.3) is 33.0 Å². The van der Waals surface area contributed by atoms with Gasteiger partial charge >= 0.3 is 0 Å². The number of hydrogen-bond acceptors (Lipinski definition) is 0. The Morgan fingerprint density at radius 2 is 1.04 bits per heavy atom. The van der Waals surface area contributed by atoms with Crippen LogP contribution in [0.3, 0.4) is 0 Å². The molecule has 0 spiro atoms. The molecule has 0 nitrogen and oxygen atoms in total. The lowest BCUT2D eigenvalue weighted by Gasteiger charge is -2.14. The Morgan fingerprint density at radius 3 is 1.70 bits per heavy atom. The second kappa shape index (κ2) is 6.02. The van der Waals surface area contributed by atoms with E-state index >= 15 is 0 Å². The maximum Gasteiger partial charge on any atom is 0.0266 e. The summed E-state index contributed by atoms with van der Waals surface area (Å²) >= 11 is 3.80. The van der Waals surface area contributed by atoms with Crippen molar-refractivity contribution in [2.24, 2.45) is 0 Å². The summed E-state index contributed by atoms with van der Waals surface area (Å²) in [5, 5.41) is 2.55. The predicted molar refractivity (Wildman–Crippen MR) is 103 cm³/mol. The molecule has 0 N–H and O–H groups in total. The second-order valence-corrected chi connectivity index (χ2v) is 6.41. The zero-order chi connectivity index (χ0) is 15.6. The Balaban J connectivity index is 2.07. The molecule has 0 amide bonds. The topological polar surface area (TPSA) is 0 Å². The van der Waals surface area contributed by atoms with Crippen molar-refractivity contribution in [2.75, 3.05) is 0 Å². The second-order valence-electron chi connectivity index (χ2n) is 5.56. The van der Waals surface area contributed by atoms with E-state index in [9.17, 15) is 0 Å². The third-order valence-corrected chi connectivity index (χ3v) is 4.77. The fraction of sp³-hybridized carbons (Fsp3) is 0. The standard InChI is InChI=1S/C22H15Br/c23-21-15-20(16-9-3-1-4-10-16)18-13-7-8-14-19(18)22(21)17-11-5-2-6-12-17/h1-15H. The molecule has 0 heterocycles. The Bertz CT molecular complexity index is 957. The van der Waals surface area contributed by atoms with Crippen LogP contribution < -0.4 is 0 Å². The van der Waals surface area contributed by atoms with Gasteiger partial charge in [-0.1, -0.05) is 101 Å². The summed E-state index contributed by atoms with van der Waals surface area (Å²) in [6.07, 6.45) is 0. The predicted octanol–water partition coefficient (Wildman–Crippen LogP) is 6.94. The highest BCUT2D eigenvalue weighted by molar-refractivity contribution is 9.10. The molecule has 0 aromatic heterocycles. The van der Waals surface area contributed by atoms with Crippen LogP contribution >= 0.6 is 15.9 Å². The lowest BCUT2D eigenvalue weighted by atomic mass is 9.92. The molecule has 0 radical (unpaired) electrons. The van der Waals surface area contributed by atoms with Gasteiger partial charge in [-0.2, -0.15) is 0 Å². The van der Waals surface area contributed by atoms with Gasteiger partial charge in [0.2, 0.25) is 0 Å². The first-order valence-electron chi connectivity index (χ1n) is 7.67. The van der Waals surface area contributed by atoms with Gasteiger partial charge < -0.3 is 0 Å². The molecule has 4 rings (SSSR count). The molecule has 0 aliphatic rings. The molecular formula is C22H15Br. The summed E-state index contributed by atoms with van der Waals surface area (Å²) in [7, 11) is 0. The summed E-state index contributed by atoms with van der Waals surface area (Å²) in [6, 6.07) is 32.0. The summed E-state index contributed by atoms with van der Waals surface area (Å²) < 4.78 is 1.13. The van der Waals surface area contributed by atoms with Gasteiger partial charge in [0.25, 0.3) is 0 Å². The number of fused-ring (bicyclic) bond motifs is 1. The van der Waals surface area contributed by atoms with E-state index in [1.807, 2.05) is 0 Å². The number of hydrogen-bond donors (Lipinski definition) is 0. The minimum atomic E-state index is 1.13. The molecule has 4 aromatic rings. The molecule has 23 heavy (non-hydrogen) atoms. The van der Waals surface area contributed by atoms with Crippen LogP contribution in [0.5, 0.6) is 0 Å². The van der Waals surface area contributed by atoms with E-state index in [1.54, 1.807) is 0 Å². The van der Waals surface area contributed by atoms with Crippen molar-refractivity contribution < 1.29 is 0 Å². The first kappa shape index (κ1) is 14.2. The molecule has 0 saturated carbocycles. The van der Waals surface area contributed by atoms with Crippen LogP contribution in [0.2, 0.25) is 0 Å². The van der Waals surface area contributed by atoms with Crippen molar-refractivity contribution in [3.8, 4) is 22.3 Å². The SMILES string of the molecule is Brc1cc(-c2ccccc2)c2ccccc2c1-c1ccccc1. The molecule has 0 aliphatic heterocycles. The third-order valence-electron chi connectivity index (χ3n) is 4.14. The van der Waals surface area contributed by atoms with Crippen molar-refractivity contribution in [3.63, 3.8) is 0 Å². The van der Waals surface area contributed by atoms with Crippen LogP contribution in [0.15, 0.2) is 95.5 Å². The summed E-state index contributed by atoms with van der Waals surface area (Å²) in [5.41, 5.74) is 4.98. The molecule has 0 atom stereocenters. The van der Waals surface area contributed by atoms with Gasteiger partial charge in [0.1, 0.15) is 0 Å². The van der Waals surface area contributed by atoms with Crippen LogP contribution in [-0.4, -0.2) is 0 Å². The first-order chi connectivity index (χ1) is 11.3. The number of halogens is 1. The average molecular weight is 359 g/mol. The minimum Gasteiger partial charge on any atom is -0.0622 e. The molecule has 0 unspecified atom stereocenters. The fourth-order valence-electron chi connectivity index (χ4n) is 3.10. The molecule has 0 aliphatic carbocycles. The maximum absolute atomic E-state index is 3.80. The van der Waals surface area contributed by atoms with Crippen LogP contribution in [0, 0.1) is 0 Å². The zero-order valence-electron chi connectivity index (χ0n) is 12.5. The van der Waals surface area contributed by atoms with E-state index in [4.69, 9.17) is 0 Å². The van der Waals surface area contributed by atoms with Gasteiger partial charge in [-0.3, -0.25) is 0 Å². The molecular weight excluding hydrogens is 344 g/mol. The van der Waals surface area contributed by atoms with Crippen LogP contribution in [0.4, 0.5) is 0 Å². The zero-order valence-corrected chi connectivity index (χ0v) is 14.1. The smallest absolute Gasteiger partial charge is 0.0266 e. The monoisotopic (exact) mass is 358 g/mol. The van der Waals surface area contributed by atoms with E-state index in [1.165, 1.54) is 33.0 Å². The van der Waals surface area contributed by atoms with Gasteiger partial charge in [0.15, 0.2) is 0 Å². The number of benzene rings is 4. The first-order valence-corrected chi connectivity index (χ1v) is 8.46. The fourth-order valence-corrected chi connectivity index (χ4v) is 3.77. The third kappa shape index (κ3) is 2.58. The summed E-state index contributed by atoms with van der Waals surface area (Å²) in [4.78, 5) is 0. The molecule has 1 heteroatoms. The average Bonchev–Trinajstić information content (AvgIpc) is 2.62. The summed E-state index contributed by atoms with van der Waals surface area (Å²) in [5.74, 6) is 0. The van der Waals surface area contributed by atoms with Gasteiger partial charge in [-0.25, -0.2) is 0 Å². The van der Waals surface area contributed by atoms with Gasteiger partial charge in [0, 0.05) is 10.0 Å². The van der Waals surface area contributed by atoms with Crippen molar-refractivity contribution in [3.05, 3.63) is 95.5 Å². The maximum atomic E-state index is 3.80. The Hall–Kier alpha value is -2.38. The molecule has 0 fully saturated rings. The minimum absolute atomic E-state index is 1.13. The lowest BCUT2D eigenvalue weighted by Crippen LogP contribution is -1.88. The highest BCUT2D eigenvalue weighted by Gasteiger charge is 2.12. The van der Waals surface area contributed by atoms with Gasteiger partial charge in [0.05, 0.1) is 0 Å². The Kier molecular flexibility index (Phi) is 3.72. The quantitative estimate of drug-likeness (QED) is 0.364. The van der Waals surface area contributed by atoms with E-state index in [-0.39, 0.29) is 0 Å². The summed E-state index contributed by atoms with van der Waals surface area (Å²) in [6.45, 7) is 0. The van der Waals surface area contributed by atoms with E-state index in [0.717, 1.165) is 4.47 Å². The van der Waals surface area contributed by atoms with E-state index < -0.39 is 0 Å².